The zero-order valence-corrected chi connectivity index (χ0v) is 15.6. The van der Waals surface area contributed by atoms with E-state index < -0.39 is 0 Å². The molecule has 26 heavy (non-hydrogen) atoms. The van der Waals surface area contributed by atoms with Gasteiger partial charge in [0, 0.05) is 31.4 Å². The van der Waals surface area contributed by atoms with Crippen molar-refractivity contribution in [3.8, 4) is 0 Å². The number of benzene rings is 1. The normalized spacial score (nSPS) is 13.7. The van der Waals surface area contributed by atoms with Crippen LogP contribution in [0.25, 0.3) is 0 Å². The summed E-state index contributed by atoms with van der Waals surface area (Å²) < 4.78 is 13.7. The van der Waals surface area contributed by atoms with Gasteiger partial charge in [-0.3, -0.25) is 9.59 Å². The molecular weight excluding hydrogens is 333 g/mol. The molecule has 0 saturated heterocycles. The second-order valence-corrected chi connectivity index (χ2v) is 6.80. The average molecular weight is 357 g/mol. The van der Waals surface area contributed by atoms with Crippen molar-refractivity contribution in [2.24, 2.45) is 0 Å². The number of nitrogens with zero attached hydrogens (tertiary/aromatic N) is 2. The van der Waals surface area contributed by atoms with E-state index in [1.807, 2.05) is 25.8 Å². The van der Waals surface area contributed by atoms with Crippen LogP contribution in [0.4, 0.5) is 15.8 Å². The van der Waals surface area contributed by atoms with E-state index in [2.05, 4.69) is 4.98 Å². The number of likely N-dealkylation sites (N-methyl/N-ethyl adjacent to an activating group) is 1. The van der Waals surface area contributed by atoms with E-state index >= 15 is 0 Å². The quantitative estimate of drug-likeness (QED) is 0.849. The third-order valence-electron chi connectivity index (χ3n) is 4.90. The maximum atomic E-state index is 13.7. The Labute approximate surface area is 152 Å². The number of hydrogen-bond acceptors (Lipinski definition) is 3. The Morgan fingerprint density at radius 2 is 1.96 bits per heavy atom. The van der Waals surface area contributed by atoms with Crippen LogP contribution in [0.3, 0.4) is 0 Å². The van der Waals surface area contributed by atoms with Gasteiger partial charge >= 0.3 is 0 Å². The average Bonchev–Trinajstić information content (AvgIpc) is 2.92. The molecule has 1 aliphatic heterocycles. The van der Waals surface area contributed by atoms with Gasteiger partial charge in [-0.15, -0.1) is 0 Å². The lowest BCUT2D eigenvalue weighted by Gasteiger charge is -2.35. The summed E-state index contributed by atoms with van der Waals surface area (Å²) in [6.07, 6.45) is 1.49. The third-order valence-corrected chi connectivity index (χ3v) is 4.90. The summed E-state index contributed by atoms with van der Waals surface area (Å²) in [7, 11) is 1.88. The van der Waals surface area contributed by atoms with E-state index in [0.29, 0.717) is 42.1 Å². The fraction of sp³-hybridized carbons (Fsp3) is 0.400. The summed E-state index contributed by atoms with van der Waals surface area (Å²) in [5.74, 6) is -0.543. The number of aromatic nitrogens is 1. The molecule has 3 rings (SSSR count). The molecule has 2 heterocycles. The molecule has 1 aromatic heterocycles. The highest BCUT2D eigenvalue weighted by Gasteiger charge is 2.30. The van der Waals surface area contributed by atoms with Gasteiger partial charge in [0.15, 0.2) is 5.78 Å². The van der Waals surface area contributed by atoms with Gasteiger partial charge < -0.3 is 14.8 Å². The molecule has 0 saturated carbocycles. The van der Waals surface area contributed by atoms with Gasteiger partial charge in [-0.1, -0.05) is 13.3 Å². The van der Waals surface area contributed by atoms with Gasteiger partial charge in [0.1, 0.15) is 11.5 Å². The van der Waals surface area contributed by atoms with Gasteiger partial charge in [0.05, 0.1) is 11.4 Å². The first-order valence-corrected chi connectivity index (χ1v) is 8.90. The molecule has 0 unspecified atom stereocenters. The fourth-order valence-electron chi connectivity index (χ4n) is 3.70. The number of halogens is 1. The van der Waals surface area contributed by atoms with Crippen LogP contribution in [0.1, 0.15) is 52.4 Å². The number of aryl methyl sites for hydroxylation is 1. The van der Waals surface area contributed by atoms with Crippen molar-refractivity contribution in [3.05, 3.63) is 46.5 Å². The Hall–Kier alpha value is -2.63. The standard InChI is InChI=1S/C20H24FN3O2/c1-5-6-15-18(13(3)25)12(2)22-19(15)20(26)24-10-9-23(4)17-11-14(21)7-8-16(17)24/h7-8,11,22H,5-6,9-10H2,1-4H3. The monoisotopic (exact) mass is 357 g/mol. The van der Waals surface area contributed by atoms with E-state index in [0.717, 1.165) is 17.7 Å². The topological polar surface area (TPSA) is 56.4 Å². The molecule has 0 fully saturated rings. The van der Waals surface area contributed by atoms with Gasteiger partial charge in [0.2, 0.25) is 0 Å². The SMILES string of the molecule is CCCc1c(C(=O)N2CCN(C)c3cc(F)ccc32)[nH]c(C)c1C(C)=O. The van der Waals surface area contributed by atoms with Crippen LogP contribution < -0.4 is 9.80 Å². The number of rotatable bonds is 4. The van der Waals surface area contributed by atoms with E-state index in [-0.39, 0.29) is 17.5 Å². The third kappa shape index (κ3) is 3.00. The molecule has 0 bridgehead atoms. The second-order valence-electron chi connectivity index (χ2n) is 6.80. The molecule has 0 aliphatic carbocycles. The number of nitrogens with one attached hydrogen (secondary N) is 1. The number of Topliss-reactive ketones (excluding diaryl/α,β-unsaturated/α-hetero) is 1. The summed E-state index contributed by atoms with van der Waals surface area (Å²) in [6.45, 7) is 6.49. The molecule has 1 aliphatic rings. The number of H-pyrrole nitrogens is 1. The lowest BCUT2D eigenvalue weighted by atomic mass is 10.0. The summed E-state index contributed by atoms with van der Waals surface area (Å²) in [5, 5.41) is 0. The van der Waals surface area contributed by atoms with E-state index in [1.165, 1.54) is 19.1 Å². The maximum absolute atomic E-state index is 13.7. The molecule has 0 radical (unpaired) electrons. The predicted molar refractivity (Wildman–Crippen MR) is 101 cm³/mol. The number of hydrogen-bond donors (Lipinski definition) is 1. The number of ketones is 1. The van der Waals surface area contributed by atoms with Crippen molar-refractivity contribution < 1.29 is 14.0 Å². The Balaban J connectivity index is 2.07. The molecule has 6 heteroatoms. The minimum atomic E-state index is -0.328. The van der Waals surface area contributed by atoms with Crippen LogP contribution in [-0.4, -0.2) is 36.8 Å². The minimum Gasteiger partial charge on any atom is -0.371 e. The zero-order valence-electron chi connectivity index (χ0n) is 15.6. The van der Waals surface area contributed by atoms with Crippen LogP contribution >= 0.6 is 0 Å². The number of carbonyl (C=O) groups is 2. The van der Waals surface area contributed by atoms with E-state index in [9.17, 15) is 14.0 Å². The van der Waals surface area contributed by atoms with Crippen molar-refractivity contribution in [2.45, 2.75) is 33.6 Å². The predicted octanol–water partition coefficient (Wildman–Crippen LogP) is 3.71. The van der Waals surface area contributed by atoms with E-state index in [4.69, 9.17) is 0 Å². The number of amides is 1. The van der Waals surface area contributed by atoms with Crippen LogP contribution in [-0.2, 0) is 6.42 Å². The second kappa shape index (κ2) is 6.94. The first-order chi connectivity index (χ1) is 12.3. The van der Waals surface area contributed by atoms with E-state index in [1.54, 1.807) is 11.0 Å². The zero-order chi connectivity index (χ0) is 19.0. The molecule has 0 atom stereocenters. The summed E-state index contributed by atoms with van der Waals surface area (Å²) in [4.78, 5) is 32.1. The highest BCUT2D eigenvalue weighted by molar-refractivity contribution is 6.10. The molecule has 1 amide bonds. The molecule has 138 valence electrons. The van der Waals surface area contributed by atoms with Gasteiger partial charge in [-0.25, -0.2) is 4.39 Å². The Morgan fingerprint density at radius 1 is 1.23 bits per heavy atom. The maximum Gasteiger partial charge on any atom is 0.275 e. The Kier molecular flexibility index (Phi) is 4.85. The van der Waals surface area contributed by atoms with Crippen molar-refractivity contribution in [1.82, 2.24) is 4.98 Å². The highest BCUT2D eigenvalue weighted by atomic mass is 19.1. The number of aromatic amines is 1. The molecule has 5 nitrogen and oxygen atoms in total. The molecular formula is C20H24FN3O2. The van der Waals surface area contributed by atoms with Crippen LogP contribution in [0, 0.1) is 12.7 Å². The first-order valence-electron chi connectivity index (χ1n) is 8.90. The van der Waals surface area contributed by atoms with Gasteiger partial charge in [-0.2, -0.15) is 0 Å². The minimum absolute atomic E-state index is 0.0397. The van der Waals surface area contributed by atoms with Crippen molar-refractivity contribution in [2.75, 3.05) is 29.9 Å². The smallest absolute Gasteiger partial charge is 0.275 e. The summed E-state index contributed by atoms with van der Waals surface area (Å²) in [5.41, 5.74) is 3.96. The number of fused-ring (bicyclic) bond motifs is 1. The molecule has 1 N–H and O–H groups in total. The number of anilines is 2. The van der Waals surface area contributed by atoms with Crippen molar-refractivity contribution >= 4 is 23.1 Å². The first kappa shape index (κ1) is 18.2. The lowest BCUT2D eigenvalue weighted by Crippen LogP contribution is -2.43. The Morgan fingerprint density at radius 3 is 2.62 bits per heavy atom. The lowest BCUT2D eigenvalue weighted by molar-refractivity contribution is 0.0981. The highest BCUT2D eigenvalue weighted by Crippen LogP contribution is 2.34. The van der Waals surface area contributed by atoms with Crippen molar-refractivity contribution in [3.63, 3.8) is 0 Å². The largest absolute Gasteiger partial charge is 0.371 e. The van der Waals surface area contributed by atoms with Crippen LogP contribution in [0.2, 0.25) is 0 Å². The van der Waals surface area contributed by atoms with Gasteiger partial charge in [-0.05, 0) is 44.0 Å². The van der Waals surface area contributed by atoms with Crippen LogP contribution in [0.15, 0.2) is 18.2 Å². The summed E-state index contributed by atoms with van der Waals surface area (Å²) in [6, 6.07) is 4.45. The number of carbonyl (C=O) groups excluding carboxylic acids is 2. The molecule has 2 aromatic rings. The van der Waals surface area contributed by atoms with Crippen molar-refractivity contribution in [1.29, 1.82) is 0 Å². The van der Waals surface area contributed by atoms with Crippen LogP contribution in [0.5, 0.6) is 0 Å². The molecule has 1 aromatic carbocycles. The molecule has 0 spiro atoms. The Bertz CT molecular complexity index is 872. The van der Waals surface area contributed by atoms with Gasteiger partial charge in [0.25, 0.3) is 5.91 Å². The summed E-state index contributed by atoms with van der Waals surface area (Å²) >= 11 is 0. The fourth-order valence-corrected chi connectivity index (χ4v) is 3.70.